The van der Waals surface area contributed by atoms with Gasteiger partial charge in [-0.2, -0.15) is 0 Å². The normalized spacial score (nSPS) is 15.0. The molecule has 1 heterocycles. The van der Waals surface area contributed by atoms with Crippen molar-refractivity contribution >= 4 is 11.8 Å². The molecular formula is C21H24N2O2. The Morgan fingerprint density at radius 2 is 1.44 bits per heavy atom. The molecular weight excluding hydrogens is 312 g/mol. The van der Waals surface area contributed by atoms with E-state index in [1.165, 1.54) is 5.56 Å². The van der Waals surface area contributed by atoms with E-state index in [1.54, 1.807) is 4.90 Å². The van der Waals surface area contributed by atoms with E-state index in [1.807, 2.05) is 36.4 Å². The fourth-order valence-electron chi connectivity index (χ4n) is 3.29. The van der Waals surface area contributed by atoms with Gasteiger partial charge in [0.1, 0.15) is 0 Å². The number of likely N-dealkylation sites (tertiary alicyclic amines) is 1. The maximum absolute atomic E-state index is 12.3. The van der Waals surface area contributed by atoms with Crippen LogP contribution in [0.5, 0.6) is 0 Å². The van der Waals surface area contributed by atoms with Gasteiger partial charge in [-0.3, -0.25) is 9.59 Å². The van der Waals surface area contributed by atoms with Crippen LogP contribution in [0.1, 0.15) is 24.0 Å². The number of hydrogen-bond donors (Lipinski definition) is 1. The van der Waals surface area contributed by atoms with E-state index in [9.17, 15) is 9.59 Å². The van der Waals surface area contributed by atoms with Gasteiger partial charge in [-0.1, -0.05) is 60.7 Å². The molecule has 0 radical (unpaired) electrons. The molecule has 2 aromatic carbocycles. The molecule has 0 aliphatic carbocycles. The Morgan fingerprint density at radius 1 is 0.880 bits per heavy atom. The van der Waals surface area contributed by atoms with Crippen LogP contribution in [0.25, 0.3) is 0 Å². The number of benzene rings is 2. The van der Waals surface area contributed by atoms with Gasteiger partial charge in [0.15, 0.2) is 0 Å². The molecule has 2 amide bonds. The number of nitrogens with zero attached hydrogens (tertiary/aromatic N) is 1. The molecule has 0 unspecified atom stereocenters. The van der Waals surface area contributed by atoms with Crippen LogP contribution in [0.15, 0.2) is 60.7 Å². The SMILES string of the molecule is O=C(NCc1ccccc1)C(=O)N1CCC(Cc2ccccc2)CC1. The summed E-state index contributed by atoms with van der Waals surface area (Å²) in [6.07, 6.45) is 2.95. The molecule has 0 aromatic heterocycles. The monoisotopic (exact) mass is 336 g/mol. The summed E-state index contributed by atoms with van der Waals surface area (Å²) < 4.78 is 0. The molecule has 2 aromatic rings. The third-order valence-corrected chi connectivity index (χ3v) is 4.76. The average molecular weight is 336 g/mol. The topological polar surface area (TPSA) is 49.4 Å². The summed E-state index contributed by atoms with van der Waals surface area (Å²) in [5.74, 6) is -0.335. The third-order valence-electron chi connectivity index (χ3n) is 4.76. The molecule has 0 saturated carbocycles. The summed E-state index contributed by atoms with van der Waals surface area (Å²) in [5.41, 5.74) is 2.33. The molecule has 1 fully saturated rings. The lowest BCUT2D eigenvalue weighted by atomic mass is 9.90. The number of carbonyl (C=O) groups is 2. The number of carbonyl (C=O) groups excluding carboxylic acids is 2. The highest BCUT2D eigenvalue weighted by atomic mass is 16.2. The van der Waals surface area contributed by atoms with Crippen molar-refractivity contribution in [2.75, 3.05) is 13.1 Å². The predicted octanol–water partition coefficient (Wildman–Crippen LogP) is 2.78. The number of hydrogen-bond acceptors (Lipinski definition) is 2. The first-order valence-corrected chi connectivity index (χ1v) is 8.87. The van der Waals surface area contributed by atoms with Crippen molar-refractivity contribution in [2.45, 2.75) is 25.8 Å². The van der Waals surface area contributed by atoms with Gasteiger partial charge >= 0.3 is 11.8 Å². The van der Waals surface area contributed by atoms with Crippen molar-refractivity contribution in [1.29, 1.82) is 0 Å². The summed E-state index contributed by atoms with van der Waals surface area (Å²) in [5, 5.41) is 2.72. The lowest BCUT2D eigenvalue weighted by Crippen LogP contribution is -2.46. The highest BCUT2D eigenvalue weighted by Gasteiger charge is 2.26. The zero-order valence-corrected chi connectivity index (χ0v) is 14.4. The van der Waals surface area contributed by atoms with Crippen LogP contribution < -0.4 is 5.32 Å². The lowest BCUT2D eigenvalue weighted by Gasteiger charge is -2.31. The fourth-order valence-corrected chi connectivity index (χ4v) is 3.29. The molecule has 130 valence electrons. The van der Waals surface area contributed by atoms with Crippen LogP contribution in [-0.4, -0.2) is 29.8 Å². The predicted molar refractivity (Wildman–Crippen MR) is 97.7 cm³/mol. The zero-order chi connectivity index (χ0) is 17.5. The molecule has 25 heavy (non-hydrogen) atoms. The summed E-state index contributed by atoms with van der Waals surface area (Å²) in [6, 6.07) is 20.1. The zero-order valence-electron chi connectivity index (χ0n) is 14.4. The first kappa shape index (κ1) is 17.2. The Hall–Kier alpha value is -2.62. The van der Waals surface area contributed by atoms with Crippen LogP contribution in [0.2, 0.25) is 0 Å². The molecule has 0 bridgehead atoms. The van der Waals surface area contributed by atoms with Gasteiger partial charge in [0.05, 0.1) is 0 Å². The first-order chi connectivity index (χ1) is 12.2. The molecule has 4 heteroatoms. The molecule has 4 nitrogen and oxygen atoms in total. The molecule has 0 spiro atoms. The summed E-state index contributed by atoms with van der Waals surface area (Å²) in [6.45, 7) is 1.71. The molecule has 3 rings (SSSR count). The van der Waals surface area contributed by atoms with Crippen molar-refractivity contribution in [3.63, 3.8) is 0 Å². The van der Waals surface area contributed by atoms with Crippen molar-refractivity contribution in [3.05, 3.63) is 71.8 Å². The molecule has 1 saturated heterocycles. The Labute approximate surface area is 148 Å². The third kappa shape index (κ3) is 4.92. The summed E-state index contributed by atoms with van der Waals surface area (Å²) in [4.78, 5) is 26.1. The van der Waals surface area contributed by atoms with Crippen molar-refractivity contribution in [2.24, 2.45) is 5.92 Å². The Bertz CT molecular complexity index is 692. The van der Waals surface area contributed by atoms with Crippen LogP contribution in [0, 0.1) is 5.92 Å². The van der Waals surface area contributed by atoms with E-state index in [2.05, 4.69) is 29.6 Å². The number of piperidine rings is 1. The minimum atomic E-state index is -0.509. The van der Waals surface area contributed by atoms with Crippen molar-refractivity contribution < 1.29 is 9.59 Å². The van der Waals surface area contributed by atoms with Crippen LogP contribution in [0.4, 0.5) is 0 Å². The summed E-state index contributed by atoms with van der Waals surface area (Å²) >= 11 is 0. The Balaban J connectivity index is 1.44. The molecule has 1 aliphatic heterocycles. The maximum Gasteiger partial charge on any atom is 0.311 e. The maximum atomic E-state index is 12.3. The fraction of sp³-hybridized carbons (Fsp3) is 0.333. The molecule has 1 aliphatic rings. The second-order valence-corrected chi connectivity index (χ2v) is 6.59. The van der Waals surface area contributed by atoms with Gasteiger partial charge < -0.3 is 10.2 Å². The van der Waals surface area contributed by atoms with Gasteiger partial charge in [-0.25, -0.2) is 0 Å². The van der Waals surface area contributed by atoms with E-state index < -0.39 is 11.8 Å². The second-order valence-electron chi connectivity index (χ2n) is 6.59. The van der Waals surface area contributed by atoms with E-state index in [0.717, 1.165) is 24.8 Å². The minimum absolute atomic E-state index is 0.385. The molecule has 0 atom stereocenters. The lowest BCUT2D eigenvalue weighted by molar-refractivity contribution is -0.146. The highest BCUT2D eigenvalue weighted by molar-refractivity contribution is 6.34. The Morgan fingerprint density at radius 3 is 2.04 bits per heavy atom. The quantitative estimate of drug-likeness (QED) is 0.873. The average Bonchev–Trinajstić information content (AvgIpc) is 2.68. The smallest absolute Gasteiger partial charge is 0.311 e. The van der Waals surface area contributed by atoms with Gasteiger partial charge in [0.2, 0.25) is 0 Å². The van der Waals surface area contributed by atoms with E-state index in [-0.39, 0.29) is 0 Å². The van der Waals surface area contributed by atoms with Gasteiger partial charge in [0, 0.05) is 19.6 Å². The summed E-state index contributed by atoms with van der Waals surface area (Å²) in [7, 11) is 0. The number of rotatable bonds is 4. The Kier molecular flexibility index (Phi) is 5.83. The van der Waals surface area contributed by atoms with Crippen LogP contribution >= 0.6 is 0 Å². The molecule has 1 N–H and O–H groups in total. The van der Waals surface area contributed by atoms with Crippen LogP contribution in [-0.2, 0) is 22.6 Å². The minimum Gasteiger partial charge on any atom is -0.344 e. The van der Waals surface area contributed by atoms with Crippen LogP contribution in [0.3, 0.4) is 0 Å². The van der Waals surface area contributed by atoms with Crippen molar-refractivity contribution in [3.8, 4) is 0 Å². The van der Waals surface area contributed by atoms with E-state index in [4.69, 9.17) is 0 Å². The first-order valence-electron chi connectivity index (χ1n) is 8.87. The number of amides is 2. The van der Waals surface area contributed by atoms with Gasteiger partial charge in [-0.05, 0) is 36.3 Å². The van der Waals surface area contributed by atoms with E-state index in [0.29, 0.717) is 25.6 Å². The highest BCUT2D eigenvalue weighted by Crippen LogP contribution is 2.21. The standard InChI is InChI=1S/C21H24N2O2/c24-20(22-16-19-9-5-2-6-10-19)21(25)23-13-11-18(12-14-23)15-17-7-3-1-4-8-17/h1-10,18H,11-16H2,(H,22,24). The second kappa shape index (κ2) is 8.47. The number of nitrogens with one attached hydrogen (secondary N) is 1. The largest absolute Gasteiger partial charge is 0.344 e. The van der Waals surface area contributed by atoms with Crippen molar-refractivity contribution in [1.82, 2.24) is 10.2 Å². The van der Waals surface area contributed by atoms with E-state index >= 15 is 0 Å². The van der Waals surface area contributed by atoms with Gasteiger partial charge in [0.25, 0.3) is 0 Å². The van der Waals surface area contributed by atoms with Gasteiger partial charge in [-0.15, -0.1) is 0 Å².